The van der Waals surface area contributed by atoms with E-state index in [0.717, 1.165) is 12.8 Å². The van der Waals surface area contributed by atoms with Gasteiger partial charge in [-0.25, -0.2) is 8.42 Å². The summed E-state index contributed by atoms with van der Waals surface area (Å²) in [5, 5.41) is 10.3. The molecule has 0 N–H and O–H groups in total. The molecule has 15 heavy (non-hydrogen) atoms. The van der Waals surface area contributed by atoms with Gasteiger partial charge in [0.05, 0.1) is 6.07 Å². The van der Waals surface area contributed by atoms with Gasteiger partial charge >= 0.3 is 0 Å². The Morgan fingerprint density at radius 2 is 2.33 bits per heavy atom. The van der Waals surface area contributed by atoms with Crippen molar-refractivity contribution in [2.75, 3.05) is 6.54 Å². The lowest BCUT2D eigenvalue weighted by molar-refractivity contribution is 0.440. The van der Waals surface area contributed by atoms with Crippen LogP contribution in [0.5, 0.6) is 0 Å². The Bertz CT molecular complexity index is 469. The van der Waals surface area contributed by atoms with Crippen LogP contribution in [-0.2, 0) is 10.0 Å². The first-order chi connectivity index (χ1) is 7.16. The molecular weight excluding hydrogens is 232 g/mol. The van der Waals surface area contributed by atoms with Gasteiger partial charge < -0.3 is 0 Å². The fourth-order valence-corrected chi connectivity index (χ4v) is 4.07. The van der Waals surface area contributed by atoms with Crippen LogP contribution in [0, 0.1) is 11.3 Å². The van der Waals surface area contributed by atoms with Gasteiger partial charge in [0.25, 0.3) is 10.0 Å². The summed E-state index contributed by atoms with van der Waals surface area (Å²) in [5.74, 6) is 0. The Hall–Kier alpha value is -0.900. The number of hydrogen-bond donors (Lipinski definition) is 0. The van der Waals surface area contributed by atoms with Crippen LogP contribution in [0.25, 0.3) is 0 Å². The predicted octanol–water partition coefficient (Wildman–Crippen LogP) is 1.42. The average molecular weight is 242 g/mol. The van der Waals surface area contributed by atoms with Crippen molar-refractivity contribution in [3.05, 3.63) is 17.5 Å². The van der Waals surface area contributed by atoms with Crippen LogP contribution in [0.3, 0.4) is 0 Å². The largest absolute Gasteiger partial charge is 0.253 e. The summed E-state index contributed by atoms with van der Waals surface area (Å²) < 4.78 is 25.7. The van der Waals surface area contributed by atoms with Crippen LogP contribution in [-0.4, -0.2) is 25.3 Å². The molecule has 0 atom stereocenters. The molecule has 2 rings (SSSR count). The summed E-state index contributed by atoms with van der Waals surface area (Å²) in [5.41, 5.74) is 0. The quantitative estimate of drug-likeness (QED) is 0.750. The molecule has 0 saturated heterocycles. The first-order valence-electron chi connectivity index (χ1n) is 4.58. The maximum atomic E-state index is 12.1. The van der Waals surface area contributed by atoms with Gasteiger partial charge in [-0.3, -0.25) is 0 Å². The van der Waals surface area contributed by atoms with Gasteiger partial charge in [-0.15, -0.1) is 11.3 Å². The van der Waals surface area contributed by atoms with Gasteiger partial charge in [0, 0.05) is 6.04 Å². The monoisotopic (exact) mass is 242 g/mol. The molecule has 1 aliphatic rings. The number of sulfonamides is 1. The maximum Gasteiger partial charge on any atom is 0.253 e. The number of hydrogen-bond acceptors (Lipinski definition) is 4. The molecule has 80 valence electrons. The van der Waals surface area contributed by atoms with Crippen LogP contribution in [0.15, 0.2) is 21.7 Å². The molecule has 1 heterocycles. The van der Waals surface area contributed by atoms with E-state index in [1.165, 1.54) is 15.6 Å². The van der Waals surface area contributed by atoms with Crippen molar-refractivity contribution in [2.24, 2.45) is 0 Å². The highest BCUT2D eigenvalue weighted by Gasteiger charge is 2.38. The molecule has 0 bridgehead atoms. The fraction of sp³-hybridized carbons (Fsp3) is 0.444. The lowest BCUT2D eigenvalue weighted by Gasteiger charge is -2.16. The fourth-order valence-electron chi connectivity index (χ4n) is 1.37. The third-order valence-corrected chi connectivity index (χ3v) is 5.51. The van der Waals surface area contributed by atoms with E-state index in [9.17, 15) is 8.42 Å². The molecule has 0 unspecified atom stereocenters. The third-order valence-electron chi connectivity index (χ3n) is 2.24. The van der Waals surface area contributed by atoms with Crippen molar-refractivity contribution < 1.29 is 8.42 Å². The van der Waals surface area contributed by atoms with Crippen LogP contribution in [0.4, 0.5) is 0 Å². The van der Waals surface area contributed by atoms with E-state index >= 15 is 0 Å². The first-order valence-corrected chi connectivity index (χ1v) is 6.90. The molecule has 0 amide bonds. The highest BCUT2D eigenvalue weighted by Crippen LogP contribution is 2.32. The molecule has 1 aromatic heterocycles. The molecule has 1 saturated carbocycles. The van der Waals surface area contributed by atoms with Crippen LogP contribution < -0.4 is 0 Å². The molecule has 0 spiro atoms. The second-order valence-corrected chi connectivity index (χ2v) is 6.44. The van der Waals surface area contributed by atoms with Crippen molar-refractivity contribution in [3.8, 4) is 6.07 Å². The van der Waals surface area contributed by atoms with Crippen LogP contribution >= 0.6 is 11.3 Å². The van der Waals surface area contributed by atoms with Gasteiger partial charge in [0.1, 0.15) is 10.8 Å². The predicted molar refractivity (Wildman–Crippen MR) is 56.8 cm³/mol. The van der Waals surface area contributed by atoms with Crippen LogP contribution in [0.2, 0.25) is 0 Å². The van der Waals surface area contributed by atoms with E-state index in [2.05, 4.69) is 0 Å². The van der Waals surface area contributed by atoms with E-state index in [1.807, 2.05) is 6.07 Å². The summed E-state index contributed by atoms with van der Waals surface area (Å²) in [6.45, 7) is -0.0507. The lowest BCUT2D eigenvalue weighted by atomic mass is 10.6. The number of nitrogens with zero attached hydrogens (tertiary/aromatic N) is 2. The van der Waals surface area contributed by atoms with E-state index in [-0.39, 0.29) is 12.6 Å². The number of nitriles is 1. The summed E-state index contributed by atoms with van der Waals surface area (Å²) in [4.78, 5) is 0. The second-order valence-electron chi connectivity index (χ2n) is 3.37. The third kappa shape index (κ3) is 2.04. The number of thiophene rings is 1. The summed E-state index contributed by atoms with van der Waals surface area (Å²) in [7, 11) is -3.43. The van der Waals surface area contributed by atoms with Gasteiger partial charge in [-0.2, -0.15) is 9.57 Å². The van der Waals surface area contributed by atoms with Crippen molar-refractivity contribution in [2.45, 2.75) is 23.1 Å². The molecule has 1 aromatic rings. The molecule has 4 nitrogen and oxygen atoms in total. The van der Waals surface area contributed by atoms with Crippen molar-refractivity contribution in [3.63, 3.8) is 0 Å². The molecule has 1 aliphatic carbocycles. The van der Waals surface area contributed by atoms with Crippen LogP contribution in [0.1, 0.15) is 12.8 Å². The normalized spacial score (nSPS) is 16.5. The molecule has 0 radical (unpaired) electrons. The van der Waals surface area contributed by atoms with Gasteiger partial charge in [0.2, 0.25) is 0 Å². The zero-order valence-electron chi connectivity index (χ0n) is 7.96. The minimum Gasteiger partial charge on any atom is -0.206 e. The minimum atomic E-state index is -3.43. The Kier molecular flexibility index (Phi) is 2.78. The molecule has 6 heteroatoms. The Morgan fingerprint density at radius 3 is 2.80 bits per heavy atom. The highest BCUT2D eigenvalue weighted by molar-refractivity contribution is 7.91. The minimum absolute atomic E-state index is 0.0387. The Labute approximate surface area is 92.8 Å². The highest BCUT2D eigenvalue weighted by atomic mass is 32.2. The standard InChI is InChI=1S/C9H10N2O2S2/c10-5-6-11(8-3-4-8)15(12,13)9-2-1-7-14-9/h1-2,7-8H,3-4,6H2. The molecule has 0 aromatic carbocycles. The smallest absolute Gasteiger partial charge is 0.206 e. The van der Waals surface area contributed by atoms with Crippen molar-refractivity contribution >= 4 is 21.4 Å². The van der Waals surface area contributed by atoms with E-state index in [4.69, 9.17) is 5.26 Å². The maximum absolute atomic E-state index is 12.1. The van der Waals surface area contributed by atoms with Crippen molar-refractivity contribution in [1.29, 1.82) is 5.26 Å². The van der Waals surface area contributed by atoms with E-state index < -0.39 is 10.0 Å². The lowest BCUT2D eigenvalue weighted by Crippen LogP contribution is -2.32. The SMILES string of the molecule is N#CCN(C1CC1)S(=O)(=O)c1cccs1. The Balaban J connectivity index is 2.31. The van der Waals surface area contributed by atoms with Gasteiger partial charge in [-0.05, 0) is 24.3 Å². The molecule has 1 fully saturated rings. The number of rotatable bonds is 4. The summed E-state index contributed by atoms with van der Waals surface area (Å²) >= 11 is 1.19. The summed E-state index contributed by atoms with van der Waals surface area (Å²) in [6, 6.07) is 5.23. The summed E-state index contributed by atoms with van der Waals surface area (Å²) in [6.07, 6.45) is 1.73. The van der Waals surface area contributed by atoms with E-state index in [0.29, 0.717) is 4.21 Å². The van der Waals surface area contributed by atoms with Gasteiger partial charge in [0.15, 0.2) is 0 Å². The molecular formula is C9H10N2O2S2. The first kappa shape index (κ1) is 10.6. The van der Waals surface area contributed by atoms with E-state index in [1.54, 1.807) is 17.5 Å². The zero-order valence-corrected chi connectivity index (χ0v) is 9.59. The zero-order chi connectivity index (χ0) is 10.9. The Morgan fingerprint density at radius 1 is 1.60 bits per heavy atom. The molecule has 0 aliphatic heterocycles. The second kappa shape index (κ2) is 3.93. The van der Waals surface area contributed by atoms with Crippen molar-refractivity contribution in [1.82, 2.24) is 4.31 Å². The van der Waals surface area contributed by atoms with Gasteiger partial charge in [-0.1, -0.05) is 6.07 Å². The topological polar surface area (TPSA) is 61.2 Å². The average Bonchev–Trinajstić information content (AvgIpc) is 2.86.